The van der Waals surface area contributed by atoms with Gasteiger partial charge >= 0.3 is 23.9 Å². The second-order valence-corrected chi connectivity index (χ2v) is 24.6. The fraction of sp³-hybridized carbons (Fsp3) is 0.891. The van der Waals surface area contributed by atoms with Crippen LogP contribution < -0.4 is 0 Å². The number of esters is 4. The maximum atomic E-state index is 13.3. The lowest BCUT2D eigenvalue weighted by molar-refractivity contribution is -0.176. The van der Waals surface area contributed by atoms with E-state index in [1.807, 2.05) is 19.9 Å². The molecule has 10 heteroatoms. The molecule has 0 aromatic carbocycles. The van der Waals surface area contributed by atoms with Crippen LogP contribution in [0.1, 0.15) is 292 Å². The number of allylic oxidation sites excluding steroid dienone is 1. The Kier molecular flexibility index (Phi) is 31.3. The maximum Gasteiger partial charge on any atom is 0.310 e. The summed E-state index contributed by atoms with van der Waals surface area (Å²) in [6.45, 7) is 12.8. The lowest BCUT2D eigenvalue weighted by Crippen LogP contribution is -2.51. The Morgan fingerprint density at radius 3 is 1.58 bits per heavy atom. The summed E-state index contributed by atoms with van der Waals surface area (Å²) in [5, 5.41) is 0. The zero-order valence-corrected chi connectivity index (χ0v) is 48.4. The quantitative estimate of drug-likeness (QED) is 0.0252. The molecule has 3 unspecified atom stereocenters. The minimum atomic E-state index is -0.887. The Morgan fingerprint density at radius 1 is 0.568 bits per heavy atom. The van der Waals surface area contributed by atoms with E-state index in [4.69, 9.17) is 23.7 Å². The van der Waals surface area contributed by atoms with Crippen LogP contribution in [-0.4, -0.2) is 61.9 Å². The lowest BCUT2D eigenvalue weighted by Gasteiger charge is -2.58. The molecule has 0 spiro atoms. The van der Waals surface area contributed by atoms with E-state index in [1.165, 1.54) is 134 Å². The summed E-state index contributed by atoms with van der Waals surface area (Å²) < 4.78 is 29.1. The third-order valence-electron chi connectivity index (χ3n) is 18.5. The first-order chi connectivity index (χ1) is 35.8. The molecule has 3 saturated carbocycles. The van der Waals surface area contributed by atoms with Crippen LogP contribution in [0.4, 0.5) is 0 Å². The molecule has 0 N–H and O–H groups in total. The third-order valence-corrected chi connectivity index (χ3v) is 18.5. The molecule has 0 aromatic heterocycles. The molecule has 0 saturated heterocycles. The average Bonchev–Trinajstić information content (AvgIpc) is 3.72. The number of ketones is 1. The summed E-state index contributed by atoms with van der Waals surface area (Å²) in [6.07, 6.45) is 43.2. The fourth-order valence-electron chi connectivity index (χ4n) is 13.6. The second-order valence-electron chi connectivity index (χ2n) is 24.6. The highest BCUT2D eigenvalue weighted by Gasteiger charge is 2.59. The van der Waals surface area contributed by atoms with Gasteiger partial charge in [0, 0.05) is 25.7 Å². The van der Waals surface area contributed by atoms with E-state index in [0.29, 0.717) is 55.6 Å². The van der Waals surface area contributed by atoms with Crippen LogP contribution in [0.25, 0.3) is 0 Å². The van der Waals surface area contributed by atoms with Crippen molar-refractivity contribution in [3.05, 3.63) is 11.6 Å². The van der Waals surface area contributed by atoms with Crippen LogP contribution in [0.2, 0.25) is 0 Å². The number of hydrogen-bond acceptors (Lipinski definition) is 10. The van der Waals surface area contributed by atoms with Crippen LogP contribution in [0.5, 0.6) is 0 Å². The van der Waals surface area contributed by atoms with Crippen molar-refractivity contribution in [3.63, 3.8) is 0 Å². The van der Waals surface area contributed by atoms with E-state index in [0.717, 1.165) is 83.5 Å². The number of unbranched alkanes of at least 4 members (excludes halogenated alkanes) is 24. The molecule has 426 valence electrons. The normalized spacial score (nSPS) is 24.1. The van der Waals surface area contributed by atoms with Gasteiger partial charge in [0.25, 0.3) is 0 Å². The maximum absolute atomic E-state index is 13.3. The van der Waals surface area contributed by atoms with E-state index in [2.05, 4.69) is 27.7 Å². The molecule has 3 fully saturated rings. The summed E-state index contributed by atoms with van der Waals surface area (Å²) in [5.74, 6) is 0.326. The largest absolute Gasteiger partial charge is 0.462 e. The molecule has 0 amide bonds. The molecule has 4 rings (SSSR count). The topological polar surface area (TPSA) is 132 Å². The molecular formula is C64H110O10. The summed E-state index contributed by atoms with van der Waals surface area (Å²) in [4.78, 5) is 64.3. The SMILES string of the molecule is CCCCCCCCCCCCCCCC(=O)OCC(COC(=O)CCCCCCCCCCCCCCC)OC(=O)CC(C)CCC(C)C(=O)OCOC1CC[C@H]2[C@@H]3CCC4=CC(=O)CC[C@]4(C)[C@H]3CC[C@]12C. The Labute approximate surface area is 451 Å². The molecular weight excluding hydrogens is 929 g/mol. The highest BCUT2D eigenvalue weighted by atomic mass is 16.7. The van der Waals surface area contributed by atoms with Gasteiger partial charge < -0.3 is 23.7 Å². The van der Waals surface area contributed by atoms with Gasteiger partial charge in [0.1, 0.15) is 13.2 Å². The number of fused-ring (bicyclic) bond motifs is 5. The molecule has 10 nitrogen and oxygen atoms in total. The van der Waals surface area contributed by atoms with Crippen molar-refractivity contribution in [2.75, 3.05) is 20.0 Å². The van der Waals surface area contributed by atoms with Crippen molar-refractivity contribution in [2.24, 2.45) is 40.4 Å². The average molecular weight is 1040 g/mol. The summed E-state index contributed by atoms with van der Waals surface area (Å²) >= 11 is 0. The molecule has 0 radical (unpaired) electrons. The Hall–Kier alpha value is -2.75. The summed E-state index contributed by atoms with van der Waals surface area (Å²) in [5.41, 5.74) is 1.60. The fourth-order valence-corrected chi connectivity index (χ4v) is 13.6. The van der Waals surface area contributed by atoms with E-state index in [9.17, 15) is 24.0 Å². The highest BCUT2D eigenvalue weighted by molar-refractivity contribution is 5.91. The first-order valence-corrected chi connectivity index (χ1v) is 31.3. The van der Waals surface area contributed by atoms with Crippen LogP contribution in [0.3, 0.4) is 0 Å². The smallest absolute Gasteiger partial charge is 0.310 e. The zero-order chi connectivity index (χ0) is 53.4. The molecule has 0 aliphatic heterocycles. The van der Waals surface area contributed by atoms with Crippen molar-refractivity contribution < 1.29 is 47.7 Å². The molecule has 4 aliphatic carbocycles. The van der Waals surface area contributed by atoms with Gasteiger partial charge in [-0.05, 0) is 111 Å². The molecule has 0 heterocycles. The molecule has 0 bridgehead atoms. The van der Waals surface area contributed by atoms with Gasteiger partial charge in [0.15, 0.2) is 18.7 Å². The van der Waals surface area contributed by atoms with Crippen LogP contribution in [0, 0.1) is 40.4 Å². The van der Waals surface area contributed by atoms with Crippen LogP contribution in [0.15, 0.2) is 11.6 Å². The summed E-state index contributed by atoms with van der Waals surface area (Å²) in [6, 6.07) is 0. The highest BCUT2D eigenvalue weighted by Crippen LogP contribution is 2.65. The standard InChI is InChI=1S/C64H110O10/c1-7-9-11-13-15-17-19-21-23-25-27-29-31-33-59(66)70-47-54(48-71-60(67)34-32-30-28-26-24-22-20-18-16-14-12-10-8-2)74-61(68)45-50(3)35-36-51(4)62(69)73-49-72-58-40-39-56-55-38-37-52-46-53(65)41-43-63(52,5)57(55)42-44-64(56,58)6/h46,50-51,54-58H,7-45,47-49H2,1-6H3/t50?,51?,55-,56-,57-,58?,63-,64-/m0/s1. The van der Waals surface area contributed by atoms with Crippen molar-refractivity contribution in [1.82, 2.24) is 0 Å². The molecule has 0 aromatic rings. The summed E-state index contributed by atoms with van der Waals surface area (Å²) in [7, 11) is 0. The molecule has 8 atom stereocenters. The lowest BCUT2D eigenvalue weighted by atomic mass is 9.47. The van der Waals surface area contributed by atoms with Gasteiger partial charge in [0.05, 0.1) is 12.0 Å². The van der Waals surface area contributed by atoms with Crippen LogP contribution >= 0.6 is 0 Å². The van der Waals surface area contributed by atoms with Gasteiger partial charge in [0.2, 0.25) is 0 Å². The van der Waals surface area contributed by atoms with Gasteiger partial charge in [-0.25, -0.2) is 0 Å². The van der Waals surface area contributed by atoms with Gasteiger partial charge in [-0.1, -0.05) is 201 Å². The Balaban J connectivity index is 1.12. The Bertz CT molecular complexity index is 1590. The van der Waals surface area contributed by atoms with Crippen molar-refractivity contribution >= 4 is 29.7 Å². The van der Waals surface area contributed by atoms with Crippen molar-refractivity contribution in [3.8, 4) is 0 Å². The zero-order valence-electron chi connectivity index (χ0n) is 48.4. The van der Waals surface area contributed by atoms with E-state index in [-0.39, 0.29) is 73.1 Å². The predicted octanol–water partition coefficient (Wildman–Crippen LogP) is 16.8. The molecule has 74 heavy (non-hydrogen) atoms. The third kappa shape index (κ3) is 23.1. The monoisotopic (exact) mass is 1040 g/mol. The van der Waals surface area contributed by atoms with Gasteiger partial charge in [-0.15, -0.1) is 0 Å². The number of rotatable bonds is 42. The van der Waals surface area contributed by atoms with Gasteiger partial charge in [-0.2, -0.15) is 0 Å². The second kappa shape index (κ2) is 36.4. The Morgan fingerprint density at radius 2 is 1.07 bits per heavy atom. The molecule has 4 aliphatic rings. The van der Waals surface area contributed by atoms with Crippen LogP contribution in [-0.2, 0) is 47.7 Å². The number of hydrogen-bond donors (Lipinski definition) is 0. The minimum absolute atomic E-state index is 0.0474. The van der Waals surface area contributed by atoms with Gasteiger partial charge in [-0.3, -0.25) is 24.0 Å². The van der Waals surface area contributed by atoms with E-state index in [1.54, 1.807) is 0 Å². The first kappa shape index (κ1) is 63.8. The van der Waals surface area contributed by atoms with Crippen molar-refractivity contribution in [1.29, 1.82) is 0 Å². The number of carbonyl (C=O) groups excluding carboxylic acids is 5. The first-order valence-electron chi connectivity index (χ1n) is 31.3. The minimum Gasteiger partial charge on any atom is -0.462 e. The number of carbonyl (C=O) groups is 5. The van der Waals surface area contributed by atoms with E-state index < -0.39 is 12.1 Å². The van der Waals surface area contributed by atoms with Crippen molar-refractivity contribution in [2.45, 2.75) is 304 Å². The predicted molar refractivity (Wildman–Crippen MR) is 297 cm³/mol. The number of ether oxygens (including phenoxy) is 5. The van der Waals surface area contributed by atoms with E-state index >= 15 is 0 Å².